The molecule has 2 N–H and O–H groups in total. The van der Waals surface area contributed by atoms with Gasteiger partial charge in [0, 0.05) is 16.7 Å². The lowest BCUT2D eigenvalue weighted by atomic mass is 10.1. The van der Waals surface area contributed by atoms with Crippen molar-refractivity contribution >= 4 is 27.5 Å². The van der Waals surface area contributed by atoms with E-state index in [2.05, 4.69) is 26.6 Å². The molecule has 0 aromatic heterocycles. The summed E-state index contributed by atoms with van der Waals surface area (Å²) >= 11 is 3.17. The minimum absolute atomic E-state index is 0.0245. The first kappa shape index (κ1) is 15.7. The number of anilines is 1. The molecule has 2 aromatic rings. The number of carbonyl (C=O) groups excluding carboxylic acids is 1. The van der Waals surface area contributed by atoms with E-state index in [-0.39, 0.29) is 5.56 Å². The highest BCUT2D eigenvalue weighted by atomic mass is 79.9. The number of hydrogen-bond donors (Lipinski definition) is 2. The van der Waals surface area contributed by atoms with Crippen molar-refractivity contribution in [3.05, 3.63) is 63.9 Å². The van der Waals surface area contributed by atoms with Gasteiger partial charge in [0.25, 0.3) is 5.91 Å². The Balaban J connectivity index is 2.19. The van der Waals surface area contributed by atoms with Gasteiger partial charge in [0.1, 0.15) is 5.82 Å². The van der Waals surface area contributed by atoms with Crippen LogP contribution in [-0.4, -0.2) is 12.5 Å². The summed E-state index contributed by atoms with van der Waals surface area (Å²) in [7, 11) is 0. The molecule has 3 nitrogen and oxygen atoms in total. The van der Waals surface area contributed by atoms with Gasteiger partial charge >= 0.3 is 0 Å². The molecule has 0 fully saturated rings. The predicted octanol–water partition coefficient (Wildman–Crippen LogP) is 3.95. The third kappa shape index (κ3) is 4.12. The average Bonchev–Trinajstić information content (AvgIpc) is 2.46. The van der Waals surface area contributed by atoms with Crippen molar-refractivity contribution in [2.24, 2.45) is 0 Å². The van der Waals surface area contributed by atoms with Gasteiger partial charge < -0.3 is 10.6 Å². The largest absolute Gasteiger partial charge is 0.322 e. The van der Waals surface area contributed by atoms with Crippen molar-refractivity contribution in [1.82, 2.24) is 5.32 Å². The van der Waals surface area contributed by atoms with Gasteiger partial charge in [-0.15, -0.1) is 0 Å². The molecule has 0 saturated carbocycles. The molecule has 0 aliphatic heterocycles. The number of hydrogen-bond acceptors (Lipinski definition) is 2. The summed E-state index contributed by atoms with van der Waals surface area (Å²) in [6.45, 7) is 3.50. The Morgan fingerprint density at radius 2 is 2.00 bits per heavy atom. The highest BCUT2D eigenvalue weighted by Crippen LogP contribution is 2.19. The molecule has 5 heteroatoms. The van der Waals surface area contributed by atoms with Crippen LogP contribution >= 0.6 is 15.9 Å². The first-order chi connectivity index (χ1) is 10.1. The lowest BCUT2D eigenvalue weighted by Crippen LogP contribution is -2.17. The van der Waals surface area contributed by atoms with Gasteiger partial charge in [0.2, 0.25) is 0 Å². The van der Waals surface area contributed by atoms with Crippen LogP contribution in [0, 0.1) is 5.82 Å². The van der Waals surface area contributed by atoms with Crippen molar-refractivity contribution in [3.63, 3.8) is 0 Å². The van der Waals surface area contributed by atoms with Crippen LogP contribution in [0.25, 0.3) is 0 Å². The zero-order valence-electron chi connectivity index (χ0n) is 11.6. The van der Waals surface area contributed by atoms with E-state index in [1.807, 2.05) is 25.1 Å². The number of carbonyl (C=O) groups is 1. The van der Waals surface area contributed by atoms with E-state index in [4.69, 9.17) is 0 Å². The van der Waals surface area contributed by atoms with E-state index >= 15 is 0 Å². The Morgan fingerprint density at radius 1 is 1.24 bits per heavy atom. The number of benzene rings is 2. The molecule has 0 saturated heterocycles. The summed E-state index contributed by atoms with van der Waals surface area (Å²) in [5.74, 6) is -1.00. The van der Waals surface area contributed by atoms with Crippen molar-refractivity contribution < 1.29 is 9.18 Å². The Morgan fingerprint density at radius 3 is 2.71 bits per heavy atom. The lowest BCUT2D eigenvalue weighted by molar-refractivity contribution is 0.102. The van der Waals surface area contributed by atoms with Gasteiger partial charge in [-0.25, -0.2) is 4.39 Å². The summed E-state index contributed by atoms with van der Waals surface area (Å²) in [4.78, 5) is 12.2. The molecular formula is C16H16BrFN2O. The molecule has 0 aliphatic carbocycles. The zero-order chi connectivity index (χ0) is 15.2. The lowest BCUT2D eigenvalue weighted by Gasteiger charge is -2.12. The molecule has 0 atom stereocenters. The molecule has 0 unspecified atom stereocenters. The molecule has 1 amide bonds. The summed E-state index contributed by atoms with van der Waals surface area (Å²) in [5.41, 5.74) is 1.67. The van der Waals surface area contributed by atoms with Crippen LogP contribution in [0.2, 0.25) is 0 Å². The normalized spacial score (nSPS) is 10.4. The highest BCUT2D eigenvalue weighted by Gasteiger charge is 2.13. The third-order valence-corrected chi connectivity index (χ3v) is 3.50. The van der Waals surface area contributed by atoms with Crippen LogP contribution in [0.15, 0.2) is 46.9 Å². The van der Waals surface area contributed by atoms with Gasteiger partial charge in [-0.1, -0.05) is 41.1 Å². The second-order valence-corrected chi connectivity index (χ2v) is 5.43. The van der Waals surface area contributed by atoms with E-state index in [0.717, 1.165) is 12.1 Å². The van der Waals surface area contributed by atoms with Crippen molar-refractivity contribution in [2.75, 3.05) is 11.9 Å². The molecule has 110 valence electrons. The number of rotatable bonds is 5. The maximum atomic E-state index is 13.8. The summed E-state index contributed by atoms with van der Waals surface area (Å²) in [5, 5.41) is 5.97. The zero-order valence-corrected chi connectivity index (χ0v) is 13.2. The van der Waals surface area contributed by atoms with Gasteiger partial charge in [0.05, 0.1) is 5.56 Å². The molecule has 2 aromatic carbocycles. The van der Waals surface area contributed by atoms with Crippen molar-refractivity contribution in [2.45, 2.75) is 13.5 Å². The number of para-hydroxylation sites is 1. The van der Waals surface area contributed by atoms with Gasteiger partial charge in [-0.3, -0.25) is 4.79 Å². The Hall–Kier alpha value is -1.72. The van der Waals surface area contributed by atoms with E-state index in [1.165, 1.54) is 12.1 Å². The first-order valence-corrected chi connectivity index (χ1v) is 7.46. The Labute approximate surface area is 131 Å². The maximum Gasteiger partial charge on any atom is 0.258 e. The first-order valence-electron chi connectivity index (χ1n) is 6.67. The molecule has 0 aliphatic rings. The van der Waals surface area contributed by atoms with Crippen molar-refractivity contribution in [1.29, 1.82) is 0 Å². The third-order valence-electron chi connectivity index (χ3n) is 3.01. The maximum absolute atomic E-state index is 13.8. The fourth-order valence-corrected chi connectivity index (χ4v) is 2.25. The SMILES string of the molecule is CCNCc1ccccc1NC(=O)c1ccc(Br)cc1F. The van der Waals surface area contributed by atoms with Crippen LogP contribution in [-0.2, 0) is 6.54 Å². The van der Waals surface area contributed by atoms with E-state index < -0.39 is 11.7 Å². The Bertz CT molecular complexity index is 646. The minimum atomic E-state index is -0.550. The topological polar surface area (TPSA) is 41.1 Å². The fourth-order valence-electron chi connectivity index (χ4n) is 1.92. The molecule has 0 bridgehead atoms. The summed E-state index contributed by atoms with van der Waals surface area (Å²) < 4.78 is 14.4. The van der Waals surface area contributed by atoms with Crippen LogP contribution < -0.4 is 10.6 Å². The van der Waals surface area contributed by atoms with E-state index in [0.29, 0.717) is 16.7 Å². The quantitative estimate of drug-likeness (QED) is 0.857. The van der Waals surface area contributed by atoms with Crippen LogP contribution in [0.3, 0.4) is 0 Å². The van der Waals surface area contributed by atoms with Crippen LogP contribution in [0.5, 0.6) is 0 Å². The highest BCUT2D eigenvalue weighted by molar-refractivity contribution is 9.10. The number of nitrogens with one attached hydrogen (secondary N) is 2. The van der Waals surface area contributed by atoms with Crippen LogP contribution in [0.4, 0.5) is 10.1 Å². The molecule has 0 spiro atoms. The molecule has 0 radical (unpaired) electrons. The number of amides is 1. The average molecular weight is 351 g/mol. The van der Waals surface area contributed by atoms with Gasteiger partial charge in [0.15, 0.2) is 0 Å². The standard InChI is InChI=1S/C16H16BrFN2O/c1-2-19-10-11-5-3-4-6-15(11)20-16(21)13-8-7-12(17)9-14(13)18/h3-9,19H,2,10H2,1H3,(H,20,21). The fraction of sp³-hybridized carbons (Fsp3) is 0.188. The van der Waals surface area contributed by atoms with Gasteiger partial charge in [-0.2, -0.15) is 0 Å². The molecule has 2 rings (SSSR count). The smallest absolute Gasteiger partial charge is 0.258 e. The predicted molar refractivity (Wildman–Crippen MR) is 85.9 cm³/mol. The molecule has 21 heavy (non-hydrogen) atoms. The second-order valence-electron chi connectivity index (χ2n) is 4.52. The number of halogens is 2. The minimum Gasteiger partial charge on any atom is -0.322 e. The van der Waals surface area contributed by atoms with Gasteiger partial charge in [-0.05, 0) is 36.4 Å². The van der Waals surface area contributed by atoms with Crippen molar-refractivity contribution in [3.8, 4) is 0 Å². The van der Waals surface area contributed by atoms with E-state index in [9.17, 15) is 9.18 Å². The monoisotopic (exact) mass is 350 g/mol. The summed E-state index contributed by atoms with van der Waals surface area (Å²) in [6, 6.07) is 11.9. The Kier molecular flexibility index (Phi) is 5.47. The van der Waals surface area contributed by atoms with Crippen LogP contribution in [0.1, 0.15) is 22.8 Å². The molecule has 0 heterocycles. The summed E-state index contributed by atoms with van der Waals surface area (Å²) in [6.07, 6.45) is 0. The second kappa shape index (κ2) is 7.33. The molecular weight excluding hydrogens is 335 g/mol. The van der Waals surface area contributed by atoms with E-state index in [1.54, 1.807) is 12.1 Å².